The van der Waals surface area contributed by atoms with Gasteiger partial charge in [-0.1, -0.05) is 13.8 Å². The molecule has 0 heterocycles. The number of rotatable bonds is 1. The van der Waals surface area contributed by atoms with Gasteiger partial charge in [0, 0.05) is 11.6 Å². The lowest BCUT2D eigenvalue weighted by Gasteiger charge is -1.95. The summed E-state index contributed by atoms with van der Waals surface area (Å²) in [6.07, 6.45) is 0. The highest BCUT2D eigenvalue weighted by atomic mass is 16.6. The maximum Gasteiger partial charge on any atom is 0.269 e. The topological polar surface area (TPSA) is 47.5 Å². The van der Waals surface area contributed by atoms with E-state index in [4.69, 9.17) is 6.57 Å². The molecule has 74 valence electrons. The number of nitrogens with zero attached hydrogens (tertiary/aromatic N) is 2. The first-order chi connectivity index (χ1) is 6.65. The van der Waals surface area contributed by atoms with Gasteiger partial charge >= 0.3 is 0 Å². The SMILES string of the molecule is CC.[C-]#[N+]c1ccc([N+](=O)[O-])c(C)c1. The molecule has 0 fully saturated rings. The summed E-state index contributed by atoms with van der Waals surface area (Å²) in [5, 5.41) is 10.3. The number of hydrogen-bond acceptors (Lipinski definition) is 2. The molecule has 0 saturated heterocycles. The average Bonchev–Trinajstić information content (AvgIpc) is 2.20. The maximum absolute atomic E-state index is 10.3. The molecule has 0 amide bonds. The summed E-state index contributed by atoms with van der Waals surface area (Å²) >= 11 is 0. The molecule has 1 aromatic carbocycles. The van der Waals surface area contributed by atoms with Crippen molar-refractivity contribution < 1.29 is 4.92 Å². The molecule has 0 atom stereocenters. The normalized spacial score (nSPS) is 8.14. The van der Waals surface area contributed by atoms with Crippen LogP contribution in [0.15, 0.2) is 18.2 Å². The van der Waals surface area contributed by atoms with E-state index in [1.165, 1.54) is 18.2 Å². The second-order valence-electron chi connectivity index (χ2n) is 2.34. The predicted molar refractivity (Wildman–Crippen MR) is 55.4 cm³/mol. The van der Waals surface area contributed by atoms with E-state index in [1.807, 2.05) is 13.8 Å². The lowest BCUT2D eigenvalue weighted by atomic mass is 10.2. The van der Waals surface area contributed by atoms with Crippen molar-refractivity contribution >= 4 is 11.4 Å². The van der Waals surface area contributed by atoms with Crippen molar-refractivity contribution in [2.45, 2.75) is 20.8 Å². The number of nitro benzene ring substituents is 1. The van der Waals surface area contributed by atoms with E-state index in [9.17, 15) is 10.1 Å². The molecule has 0 aromatic heterocycles. The Bertz CT molecular complexity index is 367. The Hall–Kier alpha value is -1.89. The van der Waals surface area contributed by atoms with Gasteiger partial charge in [-0.15, -0.1) is 0 Å². The van der Waals surface area contributed by atoms with Crippen LogP contribution in [0.1, 0.15) is 19.4 Å². The molecule has 0 unspecified atom stereocenters. The van der Waals surface area contributed by atoms with Crippen molar-refractivity contribution in [1.29, 1.82) is 0 Å². The Balaban J connectivity index is 0.000000791. The Morgan fingerprint density at radius 3 is 2.36 bits per heavy atom. The van der Waals surface area contributed by atoms with Crippen LogP contribution in [0.2, 0.25) is 0 Å². The van der Waals surface area contributed by atoms with Crippen LogP contribution in [0.4, 0.5) is 11.4 Å². The standard InChI is InChI=1S/C8H6N2O2.C2H6/c1-6-5-7(9-2)3-4-8(6)10(11)12;1-2/h3-5H,1H3;1-2H3. The molecule has 1 aromatic rings. The summed E-state index contributed by atoms with van der Waals surface area (Å²) in [6.45, 7) is 12.3. The minimum absolute atomic E-state index is 0.0578. The Labute approximate surface area is 83.2 Å². The third-order valence-corrected chi connectivity index (χ3v) is 1.51. The monoisotopic (exact) mass is 192 g/mol. The van der Waals surface area contributed by atoms with Crippen molar-refractivity contribution in [3.05, 3.63) is 45.3 Å². The first-order valence-corrected chi connectivity index (χ1v) is 4.27. The number of hydrogen-bond donors (Lipinski definition) is 0. The van der Waals surface area contributed by atoms with E-state index in [2.05, 4.69) is 4.85 Å². The van der Waals surface area contributed by atoms with Crippen LogP contribution in [0.25, 0.3) is 4.85 Å². The van der Waals surface area contributed by atoms with Crippen LogP contribution in [0, 0.1) is 23.6 Å². The van der Waals surface area contributed by atoms with E-state index in [1.54, 1.807) is 6.92 Å². The second kappa shape index (κ2) is 5.70. The molecule has 0 N–H and O–H groups in total. The Morgan fingerprint density at radius 1 is 1.43 bits per heavy atom. The number of aryl methyl sites for hydroxylation is 1. The van der Waals surface area contributed by atoms with Gasteiger partial charge in [0.15, 0.2) is 5.69 Å². The lowest BCUT2D eigenvalue weighted by Crippen LogP contribution is -1.89. The smallest absolute Gasteiger partial charge is 0.258 e. The quantitative estimate of drug-likeness (QED) is 0.388. The summed E-state index contributed by atoms with van der Waals surface area (Å²) in [5.74, 6) is 0. The highest BCUT2D eigenvalue weighted by Crippen LogP contribution is 2.22. The van der Waals surface area contributed by atoms with Crippen molar-refractivity contribution in [1.82, 2.24) is 0 Å². The molecular weight excluding hydrogens is 180 g/mol. The van der Waals surface area contributed by atoms with Gasteiger partial charge in [-0.3, -0.25) is 10.1 Å². The molecular formula is C10H12N2O2. The van der Waals surface area contributed by atoms with Crippen LogP contribution in [0.3, 0.4) is 0 Å². The van der Waals surface area contributed by atoms with Crippen LogP contribution >= 0.6 is 0 Å². The summed E-state index contributed by atoms with van der Waals surface area (Å²) in [6, 6.07) is 4.30. The van der Waals surface area contributed by atoms with Gasteiger partial charge in [0.2, 0.25) is 0 Å². The molecule has 0 spiro atoms. The largest absolute Gasteiger partial charge is 0.269 e. The second-order valence-corrected chi connectivity index (χ2v) is 2.34. The Kier molecular flexibility index (Phi) is 4.93. The van der Waals surface area contributed by atoms with E-state index >= 15 is 0 Å². The summed E-state index contributed by atoms with van der Waals surface area (Å²) < 4.78 is 0. The average molecular weight is 192 g/mol. The van der Waals surface area contributed by atoms with Crippen molar-refractivity contribution in [3.63, 3.8) is 0 Å². The van der Waals surface area contributed by atoms with Crippen molar-refractivity contribution in [2.75, 3.05) is 0 Å². The first kappa shape index (κ1) is 12.1. The molecule has 0 aliphatic carbocycles. The van der Waals surface area contributed by atoms with Gasteiger partial charge in [0.1, 0.15) is 0 Å². The molecule has 14 heavy (non-hydrogen) atoms. The van der Waals surface area contributed by atoms with Gasteiger partial charge in [0.25, 0.3) is 5.69 Å². The zero-order valence-corrected chi connectivity index (χ0v) is 8.44. The van der Waals surface area contributed by atoms with Crippen LogP contribution in [-0.4, -0.2) is 4.92 Å². The Morgan fingerprint density at radius 2 is 2.00 bits per heavy atom. The zero-order chi connectivity index (χ0) is 11.1. The molecule has 4 heteroatoms. The molecule has 1 rings (SSSR count). The predicted octanol–water partition coefficient (Wildman–Crippen LogP) is 3.48. The van der Waals surface area contributed by atoms with E-state index in [0.29, 0.717) is 11.3 Å². The van der Waals surface area contributed by atoms with Crippen molar-refractivity contribution in [3.8, 4) is 0 Å². The zero-order valence-electron chi connectivity index (χ0n) is 8.44. The van der Waals surface area contributed by atoms with Gasteiger partial charge in [-0.2, -0.15) is 0 Å². The molecule has 0 saturated carbocycles. The third kappa shape index (κ3) is 2.87. The summed E-state index contributed by atoms with van der Waals surface area (Å²) in [4.78, 5) is 13.1. The van der Waals surface area contributed by atoms with E-state index in [0.717, 1.165) is 0 Å². The highest BCUT2D eigenvalue weighted by Gasteiger charge is 2.08. The molecule has 0 radical (unpaired) electrons. The maximum atomic E-state index is 10.3. The van der Waals surface area contributed by atoms with Gasteiger partial charge in [-0.05, 0) is 19.1 Å². The van der Waals surface area contributed by atoms with Crippen LogP contribution < -0.4 is 0 Å². The number of benzene rings is 1. The van der Waals surface area contributed by atoms with Crippen LogP contribution in [-0.2, 0) is 0 Å². The molecule has 0 bridgehead atoms. The lowest BCUT2D eigenvalue weighted by molar-refractivity contribution is -0.385. The minimum Gasteiger partial charge on any atom is -0.258 e. The van der Waals surface area contributed by atoms with E-state index in [-0.39, 0.29) is 5.69 Å². The molecule has 0 aliphatic heterocycles. The van der Waals surface area contributed by atoms with E-state index < -0.39 is 4.92 Å². The first-order valence-electron chi connectivity index (χ1n) is 4.27. The fraction of sp³-hybridized carbons (Fsp3) is 0.300. The fourth-order valence-corrected chi connectivity index (χ4v) is 0.914. The summed E-state index contributed by atoms with van der Waals surface area (Å²) in [5.41, 5.74) is 1.01. The summed E-state index contributed by atoms with van der Waals surface area (Å²) in [7, 11) is 0. The molecule has 4 nitrogen and oxygen atoms in total. The third-order valence-electron chi connectivity index (χ3n) is 1.51. The molecule has 0 aliphatic rings. The number of nitro groups is 1. The van der Waals surface area contributed by atoms with Gasteiger partial charge in [-0.25, -0.2) is 4.85 Å². The van der Waals surface area contributed by atoms with Gasteiger partial charge in [0.05, 0.1) is 11.5 Å². The minimum atomic E-state index is -0.455. The fourth-order valence-electron chi connectivity index (χ4n) is 0.914. The highest BCUT2D eigenvalue weighted by molar-refractivity contribution is 5.53. The van der Waals surface area contributed by atoms with Crippen LogP contribution in [0.5, 0.6) is 0 Å². The van der Waals surface area contributed by atoms with Crippen molar-refractivity contribution in [2.24, 2.45) is 0 Å². The van der Waals surface area contributed by atoms with Gasteiger partial charge < -0.3 is 0 Å².